The van der Waals surface area contributed by atoms with E-state index in [-0.39, 0.29) is 24.4 Å². The van der Waals surface area contributed by atoms with Crippen molar-refractivity contribution in [2.24, 2.45) is 0 Å². The molecule has 2 aliphatic rings. The smallest absolute Gasteiger partial charge is 0.231 e. The Balaban J connectivity index is 1.46. The fourth-order valence-corrected chi connectivity index (χ4v) is 6.55. The monoisotopic (exact) mass is 660 g/mol. The Morgan fingerprint density at radius 2 is 0.938 bits per heavy atom. The van der Waals surface area contributed by atoms with Crippen LogP contribution in [0.15, 0.2) is 97.1 Å². The maximum absolute atomic E-state index is 7.65. The lowest BCUT2D eigenvalue weighted by molar-refractivity contribution is 0.174. The molecule has 7 heteroatoms. The van der Waals surface area contributed by atoms with E-state index in [1.807, 2.05) is 36.4 Å². The van der Waals surface area contributed by atoms with Crippen LogP contribution >= 0.6 is 11.6 Å². The van der Waals surface area contributed by atoms with Gasteiger partial charge >= 0.3 is 0 Å². The van der Waals surface area contributed by atoms with Crippen LogP contribution in [0.2, 0.25) is 5.02 Å². The summed E-state index contributed by atoms with van der Waals surface area (Å²) >= 11 is 7.65. The first-order chi connectivity index (χ1) is 22.9. The summed E-state index contributed by atoms with van der Waals surface area (Å²) < 4.78 is 23.7. The Kier molecular flexibility index (Phi) is 7.95. The Morgan fingerprint density at radius 3 is 1.35 bits per heavy atom. The molecule has 0 bridgehead atoms. The number of para-hydroxylation sites is 2. The van der Waals surface area contributed by atoms with Crippen molar-refractivity contribution in [2.75, 3.05) is 23.4 Å². The summed E-state index contributed by atoms with van der Waals surface area (Å²) in [4.78, 5) is 4.32. The lowest BCUT2D eigenvalue weighted by Gasteiger charge is -2.32. The van der Waals surface area contributed by atoms with Crippen molar-refractivity contribution >= 4 is 45.7 Å². The summed E-state index contributed by atoms with van der Waals surface area (Å²) in [6.07, 6.45) is 0. The zero-order valence-corrected chi connectivity index (χ0v) is 29.3. The van der Waals surface area contributed by atoms with Gasteiger partial charge in [0.2, 0.25) is 13.6 Å². The van der Waals surface area contributed by atoms with Gasteiger partial charge in [0.15, 0.2) is 23.0 Å². The molecule has 5 aromatic rings. The molecule has 0 aliphatic carbocycles. The quantitative estimate of drug-likeness (QED) is 0.181. The fraction of sp³-hybridized carbons (Fsp3) is 0.268. The normalized spacial score (nSPS) is 13.5. The van der Waals surface area contributed by atoms with Gasteiger partial charge in [-0.1, -0.05) is 89.5 Å². The molecule has 0 unspecified atom stereocenters. The topological polar surface area (TPSA) is 43.4 Å². The Morgan fingerprint density at radius 1 is 0.521 bits per heavy atom. The van der Waals surface area contributed by atoms with Gasteiger partial charge in [-0.15, -0.1) is 0 Å². The van der Waals surface area contributed by atoms with Crippen LogP contribution < -0.4 is 28.7 Å². The molecule has 48 heavy (non-hydrogen) atoms. The Labute approximate surface area is 288 Å². The van der Waals surface area contributed by atoms with E-state index in [1.54, 1.807) is 0 Å². The molecule has 6 nitrogen and oxygen atoms in total. The van der Waals surface area contributed by atoms with Crippen molar-refractivity contribution < 1.29 is 18.9 Å². The number of hydrogen-bond donors (Lipinski definition) is 0. The molecular formula is C41H41ClN2O4. The SMILES string of the molecule is Cc1cc(N(c2ccc(C(C)(C)C)cc2)c2ccc(C(C)(C)C)cc2)c(Cl)c(N(c2cccc3c2OCO3)c2cccc3c2OCO3)c1. The van der Waals surface area contributed by atoms with Crippen LogP contribution in [0.4, 0.5) is 34.1 Å². The molecule has 246 valence electrons. The zero-order chi connectivity index (χ0) is 33.8. The van der Waals surface area contributed by atoms with E-state index in [9.17, 15) is 0 Å². The lowest BCUT2D eigenvalue weighted by Crippen LogP contribution is -2.17. The molecule has 0 fully saturated rings. The van der Waals surface area contributed by atoms with Gasteiger partial charge in [-0.05, 0) is 95.1 Å². The summed E-state index contributed by atoms with van der Waals surface area (Å²) in [5.41, 5.74) is 8.79. The van der Waals surface area contributed by atoms with Gasteiger partial charge in [-0.3, -0.25) is 0 Å². The third-order valence-corrected chi connectivity index (χ3v) is 9.26. The van der Waals surface area contributed by atoms with Gasteiger partial charge in [0.25, 0.3) is 0 Å². The number of halogens is 1. The Bertz CT molecular complexity index is 1860. The minimum absolute atomic E-state index is 0.0236. The second kappa shape index (κ2) is 12.0. The molecule has 2 aliphatic heterocycles. The van der Waals surface area contributed by atoms with Crippen LogP contribution in [0.25, 0.3) is 0 Å². The average molecular weight is 661 g/mol. The van der Waals surface area contributed by atoms with Crippen LogP contribution in [0.3, 0.4) is 0 Å². The Hall–Kier alpha value is -4.81. The largest absolute Gasteiger partial charge is 0.454 e. The maximum Gasteiger partial charge on any atom is 0.231 e. The molecule has 0 radical (unpaired) electrons. The number of fused-ring (bicyclic) bond motifs is 2. The molecule has 5 aromatic carbocycles. The van der Waals surface area contributed by atoms with Gasteiger partial charge in [0, 0.05) is 11.4 Å². The number of ether oxygens (including phenoxy) is 4. The van der Waals surface area contributed by atoms with Crippen molar-refractivity contribution in [3.63, 3.8) is 0 Å². The molecule has 0 aromatic heterocycles. The summed E-state index contributed by atoms with van der Waals surface area (Å²) in [5.74, 6) is 2.62. The van der Waals surface area contributed by atoms with Crippen LogP contribution in [0, 0.1) is 6.92 Å². The summed E-state index contributed by atoms with van der Waals surface area (Å²) in [6.45, 7) is 15.8. The number of rotatable bonds is 6. The predicted octanol–water partition coefficient (Wildman–Crippen LogP) is 11.6. The van der Waals surface area contributed by atoms with Crippen LogP contribution in [-0.4, -0.2) is 13.6 Å². The summed E-state index contributed by atoms with van der Waals surface area (Å²) in [5, 5.41) is 0.563. The van der Waals surface area contributed by atoms with Crippen molar-refractivity contribution in [2.45, 2.75) is 59.3 Å². The van der Waals surface area contributed by atoms with Crippen molar-refractivity contribution in [3.05, 3.63) is 119 Å². The summed E-state index contributed by atoms with van der Waals surface area (Å²) in [6, 6.07) is 33.5. The highest BCUT2D eigenvalue weighted by molar-refractivity contribution is 6.36. The van der Waals surface area contributed by atoms with Crippen molar-refractivity contribution in [3.8, 4) is 23.0 Å². The second-order valence-corrected chi connectivity index (χ2v) is 14.8. The number of hydrogen-bond acceptors (Lipinski definition) is 6. The van der Waals surface area contributed by atoms with E-state index < -0.39 is 0 Å². The summed E-state index contributed by atoms with van der Waals surface area (Å²) in [7, 11) is 0. The first kappa shape index (κ1) is 31.8. The highest BCUT2D eigenvalue weighted by Gasteiger charge is 2.31. The molecule has 0 amide bonds. The molecule has 2 heterocycles. The highest BCUT2D eigenvalue weighted by Crippen LogP contribution is 2.55. The predicted molar refractivity (Wildman–Crippen MR) is 195 cm³/mol. The maximum atomic E-state index is 7.65. The van der Waals surface area contributed by atoms with Crippen LogP contribution in [0.1, 0.15) is 58.2 Å². The van der Waals surface area contributed by atoms with E-state index in [0.29, 0.717) is 28.0 Å². The van der Waals surface area contributed by atoms with E-state index in [2.05, 4.69) is 119 Å². The van der Waals surface area contributed by atoms with Crippen molar-refractivity contribution in [1.82, 2.24) is 0 Å². The van der Waals surface area contributed by atoms with Gasteiger partial charge < -0.3 is 28.7 Å². The number of benzene rings is 5. The second-order valence-electron chi connectivity index (χ2n) is 14.4. The third kappa shape index (κ3) is 5.79. The molecule has 0 saturated heterocycles. The fourth-order valence-electron chi connectivity index (χ4n) is 6.28. The lowest BCUT2D eigenvalue weighted by atomic mass is 9.86. The van der Waals surface area contributed by atoms with Gasteiger partial charge in [0.05, 0.1) is 27.8 Å². The first-order valence-electron chi connectivity index (χ1n) is 16.3. The highest BCUT2D eigenvalue weighted by atomic mass is 35.5. The molecular weight excluding hydrogens is 620 g/mol. The molecule has 7 rings (SSSR count). The molecule has 0 saturated carbocycles. The van der Waals surface area contributed by atoms with E-state index >= 15 is 0 Å². The van der Waals surface area contributed by atoms with Crippen molar-refractivity contribution in [1.29, 1.82) is 0 Å². The number of nitrogens with zero attached hydrogens (tertiary/aromatic N) is 2. The standard InChI is InChI=1S/C41H41ClN2O4/c1-26-22-33(43(29-18-14-27(15-19-29)40(2,3)4)30-20-16-28(17-21-30)41(5,6)7)37(42)34(23-26)44(31-10-8-12-35-38(31)47-24-45-35)32-11-9-13-36-39(32)48-25-46-36/h8-23H,24-25H2,1-7H3. The molecule has 0 N–H and O–H groups in total. The number of anilines is 6. The molecule has 0 atom stereocenters. The van der Waals surface area contributed by atoms with Crippen LogP contribution in [0.5, 0.6) is 23.0 Å². The molecule has 0 spiro atoms. The third-order valence-electron chi connectivity index (χ3n) is 8.88. The number of aryl methyl sites for hydroxylation is 1. The zero-order valence-electron chi connectivity index (χ0n) is 28.6. The minimum Gasteiger partial charge on any atom is -0.454 e. The van der Waals surface area contributed by atoms with E-state index in [1.165, 1.54) is 11.1 Å². The van der Waals surface area contributed by atoms with Gasteiger partial charge in [-0.25, -0.2) is 0 Å². The van der Waals surface area contributed by atoms with Gasteiger partial charge in [0.1, 0.15) is 0 Å². The van der Waals surface area contributed by atoms with Gasteiger partial charge in [-0.2, -0.15) is 0 Å². The average Bonchev–Trinajstić information content (AvgIpc) is 3.74. The first-order valence-corrected chi connectivity index (χ1v) is 16.7. The minimum atomic E-state index is 0.0236. The van der Waals surface area contributed by atoms with E-state index in [4.69, 9.17) is 30.5 Å². The van der Waals surface area contributed by atoms with E-state index in [0.717, 1.165) is 39.7 Å². The van der Waals surface area contributed by atoms with Crippen LogP contribution in [-0.2, 0) is 10.8 Å².